The Balaban J connectivity index is 2.90. The molecule has 0 saturated carbocycles. The van der Waals surface area contributed by atoms with Crippen molar-refractivity contribution in [3.8, 4) is 0 Å². The monoisotopic (exact) mass is 231 g/mol. The van der Waals surface area contributed by atoms with E-state index in [-0.39, 0.29) is 11.5 Å². The lowest BCUT2D eigenvalue weighted by molar-refractivity contribution is -0.480. The zero-order valence-electron chi connectivity index (χ0n) is 10.2. The summed E-state index contributed by atoms with van der Waals surface area (Å²) >= 11 is 0. The topological polar surface area (TPSA) is 63.4 Å². The minimum Gasteiger partial charge on any atom is -0.396 e. The third kappa shape index (κ3) is 13.4. The first kappa shape index (κ1) is 15.4. The Kier molecular flexibility index (Phi) is 11.9. The van der Waals surface area contributed by atoms with Crippen LogP contribution in [0.4, 0.5) is 0 Å². The Labute approximate surface area is 98.2 Å². The molecule has 1 N–H and O–H groups in total. The quantitative estimate of drug-likeness (QED) is 0.319. The fraction of sp³-hybridized carbons (Fsp3) is 1.00. The van der Waals surface area contributed by atoms with Gasteiger partial charge in [0.1, 0.15) is 0 Å². The molecule has 0 aliphatic rings. The van der Waals surface area contributed by atoms with Crippen molar-refractivity contribution in [2.45, 2.75) is 64.2 Å². The van der Waals surface area contributed by atoms with Crippen LogP contribution in [0, 0.1) is 10.1 Å². The van der Waals surface area contributed by atoms with E-state index in [2.05, 4.69) is 0 Å². The molecule has 0 aromatic rings. The van der Waals surface area contributed by atoms with Gasteiger partial charge in [-0.2, -0.15) is 0 Å². The van der Waals surface area contributed by atoms with Crippen LogP contribution >= 0.6 is 0 Å². The molecule has 0 bridgehead atoms. The standard InChI is InChI=1S/C12H25NO3/c14-12-10-8-6-4-2-1-3-5-7-9-11-13(15)16/h14H,1-12H2. The Hall–Kier alpha value is -0.640. The van der Waals surface area contributed by atoms with Crippen LogP contribution in [0.5, 0.6) is 0 Å². The van der Waals surface area contributed by atoms with Crippen LogP contribution in [0.3, 0.4) is 0 Å². The molecule has 0 rings (SSSR count). The molecule has 0 fully saturated rings. The van der Waals surface area contributed by atoms with Gasteiger partial charge >= 0.3 is 0 Å². The van der Waals surface area contributed by atoms with E-state index in [4.69, 9.17) is 5.11 Å². The van der Waals surface area contributed by atoms with Gasteiger partial charge in [0.2, 0.25) is 6.54 Å². The molecule has 0 saturated heterocycles. The molecule has 0 amide bonds. The van der Waals surface area contributed by atoms with Crippen LogP contribution in [0.25, 0.3) is 0 Å². The second-order valence-corrected chi connectivity index (χ2v) is 4.32. The van der Waals surface area contributed by atoms with Crippen molar-refractivity contribution in [2.75, 3.05) is 13.2 Å². The molecular weight excluding hydrogens is 206 g/mol. The first-order valence-corrected chi connectivity index (χ1v) is 6.50. The fourth-order valence-electron chi connectivity index (χ4n) is 1.77. The van der Waals surface area contributed by atoms with Crippen LogP contribution in [0.15, 0.2) is 0 Å². The van der Waals surface area contributed by atoms with Gasteiger partial charge in [-0.1, -0.05) is 44.9 Å². The fourth-order valence-corrected chi connectivity index (χ4v) is 1.77. The summed E-state index contributed by atoms with van der Waals surface area (Å²) in [6.07, 6.45) is 11.1. The van der Waals surface area contributed by atoms with E-state index in [9.17, 15) is 10.1 Å². The molecule has 4 nitrogen and oxygen atoms in total. The number of hydrogen-bond acceptors (Lipinski definition) is 3. The normalized spacial score (nSPS) is 10.6. The first-order valence-electron chi connectivity index (χ1n) is 6.50. The minimum atomic E-state index is -0.235. The lowest BCUT2D eigenvalue weighted by Crippen LogP contribution is -1.99. The lowest BCUT2D eigenvalue weighted by Gasteiger charge is -2.01. The highest BCUT2D eigenvalue weighted by Crippen LogP contribution is 2.10. The van der Waals surface area contributed by atoms with Crippen molar-refractivity contribution >= 4 is 0 Å². The summed E-state index contributed by atoms with van der Waals surface area (Å²) in [5.41, 5.74) is 0. The predicted octanol–water partition coefficient (Wildman–Crippen LogP) is 3.16. The van der Waals surface area contributed by atoms with Gasteiger partial charge < -0.3 is 5.11 Å². The van der Waals surface area contributed by atoms with Gasteiger partial charge in [0.15, 0.2) is 0 Å². The molecular formula is C12H25NO3. The molecule has 0 aromatic heterocycles. The van der Waals surface area contributed by atoms with Gasteiger partial charge in [-0.3, -0.25) is 10.1 Å². The Morgan fingerprint density at radius 2 is 1.12 bits per heavy atom. The maximum absolute atomic E-state index is 10.0. The second kappa shape index (κ2) is 12.4. The second-order valence-electron chi connectivity index (χ2n) is 4.32. The zero-order valence-corrected chi connectivity index (χ0v) is 10.2. The van der Waals surface area contributed by atoms with Gasteiger partial charge in [0, 0.05) is 18.0 Å². The van der Waals surface area contributed by atoms with Crippen molar-refractivity contribution < 1.29 is 10.0 Å². The third-order valence-corrected chi connectivity index (χ3v) is 2.75. The van der Waals surface area contributed by atoms with Crippen molar-refractivity contribution in [3.05, 3.63) is 10.1 Å². The van der Waals surface area contributed by atoms with Gasteiger partial charge in [-0.05, 0) is 12.8 Å². The van der Waals surface area contributed by atoms with Crippen LogP contribution < -0.4 is 0 Å². The van der Waals surface area contributed by atoms with Gasteiger partial charge in [0.05, 0.1) is 0 Å². The van der Waals surface area contributed by atoms with Gasteiger partial charge in [0.25, 0.3) is 0 Å². The Bertz CT molecular complexity index is 162. The third-order valence-electron chi connectivity index (χ3n) is 2.75. The van der Waals surface area contributed by atoms with E-state index in [0.717, 1.165) is 32.1 Å². The summed E-state index contributed by atoms with van der Waals surface area (Å²) in [4.78, 5) is 9.81. The highest BCUT2D eigenvalue weighted by molar-refractivity contribution is 4.47. The number of hydrogen-bond donors (Lipinski definition) is 1. The molecule has 0 aromatic carbocycles. The number of aliphatic hydroxyl groups excluding tert-OH is 1. The summed E-state index contributed by atoms with van der Waals surface area (Å²) in [6, 6.07) is 0. The SMILES string of the molecule is O=[N+]([O-])CCCCCCCCCCCCO. The number of rotatable bonds is 12. The van der Waals surface area contributed by atoms with Crippen LogP contribution in [0.1, 0.15) is 64.2 Å². The van der Waals surface area contributed by atoms with E-state index in [1.807, 2.05) is 0 Å². The van der Waals surface area contributed by atoms with E-state index in [1.54, 1.807) is 0 Å². The first-order chi connectivity index (χ1) is 7.77. The molecule has 0 radical (unpaired) electrons. The molecule has 0 aliphatic heterocycles. The van der Waals surface area contributed by atoms with E-state index < -0.39 is 0 Å². The van der Waals surface area contributed by atoms with E-state index >= 15 is 0 Å². The van der Waals surface area contributed by atoms with E-state index in [0.29, 0.717) is 6.61 Å². The molecule has 4 heteroatoms. The summed E-state index contributed by atoms with van der Waals surface area (Å²) < 4.78 is 0. The molecule has 96 valence electrons. The molecule has 0 atom stereocenters. The average molecular weight is 231 g/mol. The van der Waals surface area contributed by atoms with Crippen molar-refractivity contribution in [2.24, 2.45) is 0 Å². The Morgan fingerprint density at radius 1 is 0.750 bits per heavy atom. The zero-order chi connectivity index (χ0) is 12.1. The molecule has 0 unspecified atom stereocenters. The van der Waals surface area contributed by atoms with E-state index in [1.165, 1.54) is 32.1 Å². The maximum atomic E-state index is 10.0. The van der Waals surface area contributed by atoms with Crippen LogP contribution in [-0.2, 0) is 0 Å². The summed E-state index contributed by atoms with van der Waals surface area (Å²) in [6.45, 7) is 0.442. The minimum absolute atomic E-state index is 0.126. The van der Waals surface area contributed by atoms with Gasteiger partial charge in [-0.25, -0.2) is 0 Å². The smallest absolute Gasteiger partial charge is 0.203 e. The average Bonchev–Trinajstić information content (AvgIpc) is 2.25. The van der Waals surface area contributed by atoms with Crippen molar-refractivity contribution in [3.63, 3.8) is 0 Å². The highest BCUT2D eigenvalue weighted by Gasteiger charge is 1.96. The number of aliphatic hydroxyl groups is 1. The van der Waals surface area contributed by atoms with Crippen molar-refractivity contribution in [1.82, 2.24) is 0 Å². The molecule has 0 heterocycles. The maximum Gasteiger partial charge on any atom is 0.203 e. The number of nitrogens with zero attached hydrogens (tertiary/aromatic N) is 1. The number of nitro groups is 1. The summed E-state index contributed by atoms with van der Waals surface area (Å²) in [7, 11) is 0. The largest absolute Gasteiger partial charge is 0.396 e. The summed E-state index contributed by atoms with van der Waals surface area (Å²) in [5, 5.41) is 18.6. The Morgan fingerprint density at radius 3 is 1.50 bits per heavy atom. The van der Waals surface area contributed by atoms with Crippen LogP contribution in [-0.4, -0.2) is 23.2 Å². The lowest BCUT2D eigenvalue weighted by atomic mass is 10.1. The predicted molar refractivity (Wildman–Crippen MR) is 65.1 cm³/mol. The summed E-state index contributed by atoms with van der Waals surface area (Å²) in [5.74, 6) is 0. The molecule has 0 spiro atoms. The van der Waals surface area contributed by atoms with Crippen LogP contribution in [0.2, 0.25) is 0 Å². The number of unbranched alkanes of at least 4 members (excludes halogenated alkanes) is 9. The van der Waals surface area contributed by atoms with Gasteiger partial charge in [-0.15, -0.1) is 0 Å². The molecule has 16 heavy (non-hydrogen) atoms. The van der Waals surface area contributed by atoms with Crippen molar-refractivity contribution in [1.29, 1.82) is 0 Å². The highest BCUT2D eigenvalue weighted by atomic mass is 16.6. The molecule has 0 aliphatic carbocycles.